The maximum Gasteiger partial charge on any atom is 0.338 e. The van der Waals surface area contributed by atoms with E-state index in [1.165, 1.54) is 16.4 Å². The highest BCUT2D eigenvalue weighted by Gasteiger charge is 2.22. The van der Waals surface area contributed by atoms with Crippen LogP contribution in [-0.2, 0) is 19.6 Å². The number of rotatable bonds is 8. The molecule has 0 unspecified atom stereocenters. The molecule has 2 aromatic rings. The first kappa shape index (κ1) is 22.6. The van der Waals surface area contributed by atoms with Crippen molar-refractivity contribution in [3.8, 4) is 0 Å². The molecule has 0 fully saturated rings. The number of amides is 1. The first-order valence-electron chi connectivity index (χ1n) is 9.33. The van der Waals surface area contributed by atoms with Crippen molar-refractivity contribution in [1.29, 1.82) is 0 Å². The Hall–Kier alpha value is -2.71. The largest absolute Gasteiger partial charge is 0.452 e. The summed E-state index contributed by atoms with van der Waals surface area (Å²) in [5.41, 5.74) is 2.69. The first-order chi connectivity index (χ1) is 13.7. The minimum Gasteiger partial charge on any atom is -0.452 e. The van der Waals surface area contributed by atoms with Crippen molar-refractivity contribution in [1.82, 2.24) is 4.31 Å². The average molecular weight is 419 g/mol. The minimum absolute atomic E-state index is 0.0890. The molecule has 0 aliphatic rings. The van der Waals surface area contributed by atoms with E-state index in [0.29, 0.717) is 24.3 Å². The van der Waals surface area contributed by atoms with E-state index in [-0.39, 0.29) is 4.90 Å². The van der Waals surface area contributed by atoms with Gasteiger partial charge in [0, 0.05) is 18.8 Å². The molecule has 0 atom stereocenters. The van der Waals surface area contributed by atoms with Crippen LogP contribution in [-0.4, -0.2) is 44.3 Å². The Morgan fingerprint density at radius 1 is 1.00 bits per heavy atom. The van der Waals surface area contributed by atoms with Gasteiger partial charge >= 0.3 is 5.97 Å². The third-order valence-electron chi connectivity index (χ3n) is 4.54. The van der Waals surface area contributed by atoms with Gasteiger partial charge in [-0.3, -0.25) is 4.79 Å². The smallest absolute Gasteiger partial charge is 0.338 e. The fraction of sp³-hybridized carbons (Fsp3) is 0.333. The minimum atomic E-state index is -3.63. The first-order valence-corrected chi connectivity index (χ1v) is 10.8. The topological polar surface area (TPSA) is 92.8 Å². The molecule has 2 rings (SSSR count). The fourth-order valence-electron chi connectivity index (χ4n) is 2.73. The summed E-state index contributed by atoms with van der Waals surface area (Å²) < 4.78 is 31.6. The zero-order chi connectivity index (χ0) is 21.6. The van der Waals surface area contributed by atoms with E-state index in [4.69, 9.17) is 4.74 Å². The zero-order valence-corrected chi connectivity index (χ0v) is 17.9. The number of nitrogens with zero attached hydrogens (tertiary/aromatic N) is 1. The quantitative estimate of drug-likeness (QED) is 0.665. The van der Waals surface area contributed by atoms with Crippen LogP contribution in [0.5, 0.6) is 0 Å². The van der Waals surface area contributed by atoms with Crippen LogP contribution < -0.4 is 5.32 Å². The van der Waals surface area contributed by atoms with Gasteiger partial charge in [-0.2, -0.15) is 4.31 Å². The lowest BCUT2D eigenvalue weighted by atomic mass is 10.1. The third kappa shape index (κ3) is 5.65. The second kappa shape index (κ2) is 9.67. The summed E-state index contributed by atoms with van der Waals surface area (Å²) >= 11 is 0. The summed E-state index contributed by atoms with van der Waals surface area (Å²) in [6.07, 6.45) is 0. The number of benzene rings is 2. The number of carbonyl (C=O) groups is 2. The van der Waals surface area contributed by atoms with Crippen molar-refractivity contribution in [2.45, 2.75) is 32.6 Å². The summed E-state index contributed by atoms with van der Waals surface area (Å²) in [6, 6.07) is 11.1. The van der Waals surface area contributed by atoms with Gasteiger partial charge < -0.3 is 10.1 Å². The molecule has 0 saturated carbocycles. The second-order valence-corrected chi connectivity index (χ2v) is 8.48. The molecule has 0 aromatic heterocycles. The lowest BCUT2D eigenvalue weighted by molar-refractivity contribution is -0.119. The van der Waals surface area contributed by atoms with Gasteiger partial charge in [-0.25, -0.2) is 13.2 Å². The molecular formula is C21H26N2O5S. The van der Waals surface area contributed by atoms with Gasteiger partial charge in [0.25, 0.3) is 5.91 Å². The Labute approximate surface area is 171 Å². The molecule has 0 bridgehead atoms. The molecule has 0 saturated heterocycles. The number of hydrogen-bond acceptors (Lipinski definition) is 5. The van der Waals surface area contributed by atoms with Crippen LogP contribution in [0.3, 0.4) is 0 Å². The maximum absolute atomic E-state index is 12.6. The van der Waals surface area contributed by atoms with E-state index >= 15 is 0 Å². The molecular weight excluding hydrogens is 392 g/mol. The molecule has 156 valence electrons. The Morgan fingerprint density at radius 2 is 1.69 bits per heavy atom. The van der Waals surface area contributed by atoms with E-state index in [1.54, 1.807) is 38.1 Å². The number of carbonyl (C=O) groups excluding carboxylic acids is 2. The lowest BCUT2D eigenvalue weighted by Crippen LogP contribution is -2.30. The highest BCUT2D eigenvalue weighted by Crippen LogP contribution is 2.19. The average Bonchev–Trinajstić information content (AvgIpc) is 2.69. The van der Waals surface area contributed by atoms with Crippen molar-refractivity contribution in [2.24, 2.45) is 0 Å². The fourth-order valence-corrected chi connectivity index (χ4v) is 4.23. The van der Waals surface area contributed by atoms with Crippen LogP contribution in [0.2, 0.25) is 0 Å². The number of aryl methyl sites for hydroxylation is 2. The van der Waals surface area contributed by atoms with E-state index in [0.717, 1.165) is 11.1 Å². The number of esters is 1. The van der Waals surface area contributed by atoms with Crippen molar-refractivity contribution in [3.63, 3.8) is 0 Å². The Morgan fingerprint density at radius 3 is 2.31 bits per heavy atom. The highest BCUT2D eigenvalue weighted by molar-refractivity contribution is 7.89. The summed E-state index contributed by atoms with van der Waals surface area (Å²) in [6.45, 7) is 7.57. The molecule has 8 heteroatoms. The summed E-state index contributed by atoms with van der Waals surface area (Å²) in [5.74, 6) is -1.15. The van der Waals surface area contributed by atoms with E-state index < -0.39 is 28.5 Å². The zero-order valence-electron chi connectivity index (χ0n) is 17.1. The van der Waals surface area contributed by atoms with Crippen molar-refractivity contribution in [3.05, 3.63) is 59.2 Å². The van der Waals surface area contributed by atoms with Crippen LogP contribution >= 0.6 is 0 Å². The van der Waals surface area contributed by atoms with Gasteiger partial charge in [-0.15, -0.1) is 0 Å². The summed E-state index contributed by atoms with van der Waals surface area (Å²) in [4.78, 5) is 24.3. The molecule has 0 heterocycles. The molecule has 1 N–H and O–H groups in total. The van der Waals surface area contributed by atoms with Crippen molar-refractivity contribution in [2.75, 3.05) is 25.0 Å². The normalized spacial score (nSPS) is 11.3. The van der Waals surface area contributed by atoms with Gasteiger partial charge in [0.05, 0.1) is 10.5 Å². The van der Waals surface area contributed by atoms with Crippen molar-refractivity contribution < 1.29 is 22.7 Å². The monoisotopic (exact) mass is 418 g/mol. The molecule has 29 heavy (non-hydrogen) atoms. The molecule has 1 amide bonds. The Balaban J connectivity index is 2.02. The van der Waals surface area contributed by atoms with E-state index in [2.05, 4.69) is 5.32 Å². The number of anilines is 1. The van der Waals surface area contributed by atoms with Gasteiger partial charge in [-0.05, 0) is 55.3 Å². The van der Waals surface area contributed by atoms with E-state index in [1.807, 2.05) is 19.9 Å². The molecule has 0 aliphatic carbocycles. The van der Waals surface area contributed by atoms with Gasteiger partial charge in [-0.1, -0.05) is 26.0 Å². The standard InChI is InChI=1S/C21H26N2O5S/c1-5-23(6-2)29(26,27)19-9-7-8-18(13-19)22-20(24)14-28-21(25)17-11-10-15(3)16(4)12-17/h7-13H,5-6,14H2,1-4H3,(H,22,24). The highest BCUT2D eigenvalue weighted by atomic mass is 32.2. The SMILES string of the molecule is CCN(CC)S(=O)(=O)c1cccc(NC(=O)COC(=O)c2ccc(C)c(C)c2)c1. The van der Waals surface area contributed by atoms with Crippen LogP contribution in [0.4, 0.5) is 5.69 Å². The molecule has 7 nitrogen and oxygen atoms in total. The lowest BCUT2D eigenvalue weighted by Gasteiger charge is -2.18. The Bertz CT molecular complexity index is 998. The predicted molar refractivity (Wildman–Crippen MR) is 111 cm³/mol. The number of hydrogen-bond donors (Lipinski definition) is 1. The van der Waals surface area contributed by atoms with E-state index in [9.17, 15) is 18.0 Å². The van der Waals surface area contributed by atoms with Crippen LogP contribution in [0, 0.1) is 13.8 Å². The van der Waals surface area contributed by atoms with Crippen LogP contribution in [0.25, 0.3) is 0 Å². The predicted octanol–water partition coefficient (Wildman–Crippen LogP) is 3.13. The van der Waals surface area contributed by atoms with Gasteiger partial charge in [0.2, 0.25) is 10.0 Å². The third-order valence-corrected chi connectivity index (χ3v) is 6.58. The van der Waals surface area contributed by atoms with Crippen LogP contribution in [0.1, 0.15) is 35.3 Å². The number of nitrogens with one attached hydrogen (secondary N) is 1. The molecule has 0 aliphatic heterocycles. The van der Waals surface area contributed by atoms with Crippen LogP contribution in [0.15, 0.2) is 47.4 Å². The molecule has 2 aromatic carbocycles. The second-order valence-electron chi connectivity index (χ2n) is 6.54. The number of sulfonamides is 1. The van der Waals surface area contributed by atoms with Crippen molar-refractivity contribution >= 4 is 27.6 Å². The molecule has 0 radical (unpaired) electrons. The summed E-state index contributed by atoms with van der Waals surface area (Å²) in [5, 5.41) is 2.56. The molecule has 0 spiro atoms. The summed E-state index contributed by atoms with van der Waals surface area (Å²) in [7, 11) is -3.63. The maximum atomic E-state index is 12.6. The van der Waals surface area contributed by atoms with Gasteiger partial charge in [0.15, 0.2) is 6.61 Å². The van der Waals surface area contributed by atoms with Gasteiger partial charge in [0.1, 0.15) is 0 Å². The number of ether oxygens (including phenoxy) is 1. The Kier molecular flexibility index (Phi) is 7.53.